The Kier molecular flexibility index (Phi) is 12.9. The summed E-state index contributed by atoms with van der Waals surface area (Å²) < 4.78 is 34.1. The average molecular weight is 358 g/mol. The van der Waals surface area contributed by atoms with Crippen molar-refractivity contribution in [1.29, 1.82) is 0 Å². The van der Waals surface area contributed by atoms with Gasteiger partial charge in [-0.25, -0.2) is 0 Å². The van der Waals surface area contributed by atoms with Crippen molar-refractivity contribution < 1.29 is 28.0 Å². The third-order valence-electron chi connectivity index (χ3n) is 3.16. The Morgan fingerprint density at radius 2 is 1.27 bits per heavy atom. The number of hydrogen-bond donors (Lipinski definition) is 2. The molecule has 1 unspecified atom stereocenters. The van der Waals surface area contributed by atoms with E-state index in [0.29, 0.717) is 25.8 Å². The zero-order chi connectivity index (χ0) is 16.9. The van der Waals surface area contributed by atoms with Crippen molar-refractivity contribution in [2.24, 2.45) is 0 Å². The number of unbranched alkanes of at least 4 members (excludes halogenated alkanes) is 5. The third-order valence-corrected chi connectivity index (χ3v) is 6.07. The van der Waals surface area contributed by atoms with E-state index in [1.54, 1.807) is 0 Å². The molecule has 0 aliphatic rings. The Morgan fingerprint density at radius 3 is 1.82 bits per heavy atom. The van der Waals surface area contributed by atoms with Gasteiger partial charge in [0.15, 0.2) is 0 Å². The highest BCUT2D eigenvalue weighted by Gasteiger charge is 2.23. The molecule has 0 aromatic rings. The van der Waals surface area contributed by atoms with Crippen molar-refractivity contribution in [3.05, 3.63) is 0 Å². The molecule has 2 N–H and O–H groups in total. The molecule has 22 heavy (non-hydrogen) atoms. The van der Waals surface area contributed by atoms with Crippen LogP contribution in [0.25, 0.3) is 0 Å². The van der Waals surface area contributed by atoms with E-state index in [1.165, 1.54) is 0 Å². The SMILES string of the molecule is CCCCOP(=O)(CCCCCCCP(=O)(O)O)OCCC. The number of rotatable bonds is 15. The van der Waals surface area contributed by atoms with Crippen LogP contribution < -0.4 is 0 Å². The lowest BCUT2D eigenvalue weighted by Crippen LogP contribution is -2.03. The summed E-state index contributed by atoms with van der Waals surface area (Å²) in [4.78, 5) is 17.5. The summed E-state index contributed by atoms with van der Waals surface area (Å²) in [5.41, 5.74) is 0. The van der Waals surface area contributed by atoms with Crippen LogP contribution in [0.1, 0.15) is 65.2 Å². The Balaban J connectivity index is 3.87. The van der Waals surface area contributed by atoms with Gasteiger partial charge in [0, 0.05) is 6.16 Å². The predicted octanol–water partition coefficient (Wildman–Crippen LogP) is 4.55. The molecule has 0 fully saturated rings. The molecular formula is C14H32O6P2. The van der Waals surface area contributed by atoms with E-state index in [-0.39, 0.29) is 6.16 Å². The molecule has 8 heteroatoms. The quantitative estimate of drug-likeness (QED) is 0.329. The maximum atomic E-state index is 12.5. The molecule has 0 aliphatic carbocycles. The van der Waals surface area contributed by atoms with Crippen molar-refractivity contribution >= 4 is 15.2 Å². The summed E-state index contributed by atoms with van der Waals surface area (Å²) in [7, 11) is -6.83. The summed E-state index contributed by atoms with van der Waals surface area (Å²) in [5.74, 6) is 0. The molecule has 134 valence electrons. The van der Waals surface area contributed by atoms with Crippen molar-refractivity contribution in [1.82, 2.24) is 0 Å². The first kappa shape index (κ1) is 22.3. The van der Waals surface area contributed by atoms with E-state index in [2.05, 4.69) is 6.92 Å². The highest BCUT2D eigenvalue weighted by atomic mass is 31.2. The predicted molar refractivity (Wildman–Crippen MR) is 89.6 cm³/mol. The van der Waals surface area contributed by atoms with Gasteiger partial charge in [0.2, 0.25) is 0 Å². The first-order valence-electron chi connectivity index (χ1n) is 8.25. The minimum Gasteiger partial charge on any atom is -0.324 e. The first-order chi connectivity index (χ1) is 10.3. The van der Waals surface area contributed by atoms with E-state index in [1.807, 2.05) is 6.92 Å². The highest BCUT2D eigenvalue weighted by Crippen LogP contribution is 2.49. The molecule has 0 saturated heterocycles. The normalized spacial score (nSPS) is 14.9. The summed E-state index contributed by atoms with van der Waals surface area (Å²) >= 11 is 0. The molecule has 0 heterocycles. The van der Waals surface area contributed by atoms with Crippen molar-refractivity contribution in [2.75, 3.05) is 25.5 Å². The molecule has 0 radical (unpaired) electrons. The van der Waals surface area contributed by atoms with Gasteiger partial charge in [-0.05, 0) is 25.7 Å². The van der Waals surface area contributed by atoms with Crippen molar-refractivity contribution in [2.45, 2.75) is 65.2 Å². The highest BCUT2D eigenvalue weighted by molar-refractivity contribution is 7.53. The molecule has 1 atom stereocenters. The first-order valence-corrected chi connectivity index (χ1v) is 11.8. The Labute approximate surface area is 134 Å². The van der Waals surface area contributed by atoms with Gasteiger partial charge >= 0.3 is 15.2 Å². The van der Waals surface area contributed by atoms with Gasteiger partial charge in [-0.1, -0.05) is 39.5 Å². The van der Waals surface area contributed by atoms with Crippen LogP contribution in [-0.4, -0.2) is 35.3 Å². The van der Waals surface area contributed by atoms with E-state index < -0.39 is 15.2 Å². The van der Waals surface area contributed by atoms with Gasteiger partial charge in [-0.15, -0.1) is 0 Å². The van der Waals surface area contributed by atoms with Crippen molar-refractivity contribution in [3.63, 3.8) is 0 Å². The minimum atomic E-state index is -3.86. The molecule has 0 bridgehead atoms. The van der Waals surface area contributed by atoms with Gasteiger partial charge < -0.3 is 18.8 Å². The Morgan fingerprint density at radius 1 is 0.727 bits per heavy atom. The molecule has 0 aliphatic heterocycles. The maximum absolute atomic E-state index is 12.5. The van der Waals surface area contributed by atoms with E-state index in [9.17, 15) is 9.13 Å². The zero-order valence-electron chi connectivity index (χ0n) is 13.9. The van der Waals surface area contributed by atoms with Gasteiger partial charge in [0.1, 0.15) is 0 Å². The smallest absolute Gasteiger partial charge is 0.324 e. The minimum absolute atomic E-state index is 0.0504. The fraction of sp³-hybridized carbons (Fsp3) is 1.00. The molecule has 0 rings (SSSR count). The Bertz CT molecular complexity index is 355. The largest absolute Gasteiger partial charge is 0.330 e. The van der Waals surface area contributed by atoms with Crippen molar-refractivity contribution in [3.8, 4) is 0 Å². The maximum Gasteiger partial charge on any atom is 0.330 e. The fourth-order valence-corrected chi connectivity index (χ4v) is 4.35. The second-order valence-electron chi connectivity index (χ2n) is 5.51. The van der Waals surface area contributed by atoms with E-state index in [0.717, 1.165) is 44.9 Å². The number of hydrogen-bond acceptors (Lipinski definition) is 4. The van der Waals surface area contributed by atoms with Crippen LogP contribution in [0, 0.1) is 0 Å². The van der Waals surface area contributed by atoms with Crippen LogP contribution in [-0.2, 0) is 18.2 Å². The third kappa shape index (κ3) is 13.9. The van der Waals surface area contributed by atoms with Crippen LogP contribution in [0.2, 0.25) is 0 Å². The molecule has 0 amide bonds. The fourth-order valence-electron chi connectivity index (χ4n) is 1.90. The van der Waals surface area contributed by atoms with Crippen LogP contribution in [0.5, 0.6) is 0 Å². The summed E-state index contributed by atoms with van der Waals surface area (Å²) in [6.45, 7) is 4.95. The summed E-state index contributed by atoms with van der Waals surface area (Å²) in [5, 5.41) is 0. The van der Waals surface area contributed by atoms with E-state index >= 15 is 0 Å². The second-order valence-corrected chi connectivity index (χ2v) is 9.47. The molecule has 0 spiro atoms. The average Bonchev–Trinajstić information content (AvgIpc) is 2.43. The van der Waals surface area contributed by atoms with Crippen LogP contribution >= 0.6 is 15.2 Å². The lowest BCUT2D eigenvalue weighted by Gasteiger charge is -2.18. The second kappa shape index (κ2) is 12.7. The standard InChI is InChI=1S/C14H32O6P2/c1-3-5-12-20-22(18,19-11-4-2)14-10-8-6-7-9-13-21(15,16)17/h3-14H2,1-2H3,(H2,15,16,17). The summed E-state index contributed by atoms with van der Waals surface area (Å²) in [6, 6.07) is 0. The molecular weight excluding hydrogens is 326 g/mol. The van der Waals surface area contributed by atoms with Crippen LogP contribution in [0.3, 0.4) is 0 Å². The van der Waals surface area contributed by atoms with Crippen LogP contribution in [0.4, 0.5) is 0 Å². The van der Waals surface area contributed by atoms with Crippen LogP contribution in [0.15, 0.2) is 0 Å². The zero-order valence-corrected chi connectivity index (χ0v) is 15.7. The van der Waals surface area contributed by atoms with Gasteiger partial charge in [0.25, 0.3) is 0 Å². The lowest BCUT2D eigenvalue weighted by atomic mass is 10.2. The lowest BCUT2D eigenvalue weighted by molar-refractivity contribution is 0.201. The topological polar surface area (TPSA) is 93.1 Å². The molecule has 0 aromatic carbocycles. The monoisotopic (exact) mass is 358 g/mol. The molecule has 0 saturated carbocycles. The van der Waals surface area contributed by atoms with Gasteiger partial charge in [-0.3, -0.25) is 9.13 Å². The van der Waals surface area contributed by atoms with Gasteiger partial charge in [0.05, 0.1) is 19.4 Å². The van der Waals surface area contributed by atoms with E-state index in [4.69, 9.17) is 18.8 Å². The molecule has 6 nitrogen and oxygen atoms in total. The Hall–Kier alpha value is 0.300. The van der Waals surface area contributed by atoms with Gasteiger partial charge in [-0.2, -0.15) is 0 Å². The molecule has 0 aromatic heterocycles. The summed E-state index contributed by atoms with van der Waals surface area (Å²) in [6.07, 6.45) is 6.87.